The minimum Gasteiger partial charge on any atom is -0.395 e. The van der Waals surface area contributed by atoms with Gasteiger partial charge in [0.15, 0.2) is 0 Å². The summed E-state index contributed by atoms with van der Waals surface area (Å²) in [6.07, 6.45) is 1.17. The van der Waals surface area contributed by atoms with E-state index in [1.165, 1.54) is 6.42 Å². The van der Waals surface area contributed by atoms with Gasteiger partial charge in [0.05, 0.1) is 6.61 Å². The van der Waals surface area contributed by atoms with Gasteiger partial charge in [-0.2, -0.15) is 0 Å². The number of hydrogen-bond acceptors (Lipinski definition) is 3. The third kappa shape index (κ3) is 1.08. The van der Waals surface area contributed by atoms with Crippen molar-refractivity contribution < 1.29 is 5.11 Å². The van der Waals surface area contributed by atoms with Crippen molar-refractivity contribution in [2.45, 2.75) is 18.5 Å². The zero-order valence-electron chi connectivity index (χ0n) is 6.95. The molecule has 2 heterocycles. The maximum atomic E-state index is 9.03. The Hall–Kier alpha value is -0.120. The second-order valence-electron chi connectivity index (χ2n) is 3.72. The summed E-state index contributed by atoms with van der Waals surface area (Å²) < 4.78 is 0. The van der Waals surface area contributed by atoms with Gasteiger partial charge in [-0.1, -0.05) is 0 Å². The van der Waals surface area contributed by atoms with Gasteiger partial charge < -0.3 is 10.4 Å². The summed E-state index contributed by atoms with van der Waals surface area (Å²) >= 11 is 0. The molecule has 64 valence electrons. The Balaban J connectivity index is 2.04. The van der Waals surface area contributed by atoms with Crippen molar-refractivity contribution in [2.24, 2.45) is 5.92 Å². The van der Waals surface area contributed by atoms with Gasteiger partial charge in [-0.15, -0.1) is 0 Å². The van der Waals surface area contributed by atoms with E-state index in [-0.39, 0.29) is 0 Å². The molecule has 0 spiro atoms. The normalized spacial score (nSPS) is 44.7. The topological polar surface area (TPSA) is 35.5 Å². The lowest BCUT2D eigenvalue weighted by atomic mass is 10.0. The van der Waals surface area contributed by atoms with E-state index in [2.05, 4.69) is 17.3 Å². The fourth-order valence-electron chi connectivity index (χ4n) is 2.43. The molecule has 0 aromatic carbocycles. The smallest absolute Gasteiger partial charge is 0.0586 e. The number of nitrogens with zero attached hydrogens (tertiary/aromatic N) is 1. The molecule has 2 aliphatic heterocycles. The van der Waals surface area contributed by atoms with Crippen LogP contribution in [-0.4, -0.2) is 48.8 Å². The molecule has 2 fully saturated rings. The van der Waals surface area contributed by atoms with Crippen LogP contribution in [0, 0.1) is 5.92 Å². The van der Waals surface area contributed by atoms with Crippen molar-refractivity contribution in [2.75, 3.05) is 26.7 Å². The van der Waals surface area contributed by atoms with Crippen LogP contribution in [0.1, 0.15) is 6.42 Å². The fourth-order valence-corrected chi connectivity index (χ4v) is 2.43. The fraction of sp³-hybridized carbons (Fsp3) is 1.00. The predicted molar refractivity (Wildman–Crippen MR) is 43.4 cm³/mol. The third-order valence-corrected chi connectivity index (χ3v) is 3.19. The molecule has 0 bridgehead atoms. The zero-order valence-corrected chi connectivity index (χ0v) is 6.95. The SMILES string of the molecule is CN1[C@@H](CO)C[C@@H]2CNC[C@@H]21. The third-order valence-electron chi connectivity index (χ3n) is 3.19. The Morgan fingerprint density at radius 2 is 2.36 bits per heavy atom. The van der Waals surface area contributed by atoms with E-state index in [0.717, 1.165) is 19.0 Å². The van der Waals surface area contributed by atoms with Crippen molar-refractivity contribution in [1.29, 1.82) is 0 Å². The number of aliphatic hydroxyl groups is 1. The number of nitrogens with one attached hydrogen (secondary N) is 1. The van der Waals surface area contributed by atoms with Gasteiger partial charge in [0.2, 0.25) is 0 Å². The number of likely N-dealkylation sites (tertiary alicyclic amines) is 1. The van der Waals surface area contributed by atoms with Crippen molar-refractivity contribution in [1.82, 2.24) is 10.2 Å². The highest BCUT2D eigenvalue weighted by Crippen LogP contribution is 2.30. The van der Waals surface area contributed by atoms with Crippen LogP contribution in [0.4, 0.5) is 0 Å². The highest BCUT2D eigenvalue weighted by Gasteiger charge is 2.40. The first kappa shape index (κ1) is 7.53. The minimum atomic E-state index is 0.323. The van der Waals surface area contributed by atoms with Gasteiger partial charge in [-0.3, -0.25) is 4.90 Å². The molecule has 0 amide bonds. The van der Waals surface area contributed by atoms with Crippen LogP contribution in [0.2, 0.25) is 0 Å². The number of likely N-dealkylation sites (N-methyl/N-ethyl adjacent to an activating group) is 1. The first-order valence-electron chi connectivity index (χ1n) is 4.36. The largest absolute Gasteiger partial charge is 0.395 e. The predicted octanol–water partition coefficient (Wildman–Crippen LogP) is -0.729. The van der Waals surface area contributed by atoms with Crippen LogP contribution in [0.3, 0.4) is 0 Å². The van der Waals surface area contributed by atoms with E-state index < -0.39 is 0 Å². The van der Waals surface area contributed by atoms with E-state index in [1.807, 2.05) is 0 Å². The van der Waals surface area contributed by atoms with Crippen molar-refractivity contribution in [3.63, 3.8) is 0 Å². The van der Waals surface area contributed by atoms with E-state index in [1.54, 1.807) is 0 Å². The van der Waals surface area contributed by atoms with Gasteiger partial charge in [-0.25, -0.2) is 0 Å². The molecule has 3 atom stereocenters. The summed E-state index contributed by atoms with van der Waals surface area (Å²) in [7, 11) is 2.12. The molecule has 3 heteroatoms. The molecule has 2 saturated heterocycles. The Bertz CT molecular complexity index is 151. The number of hydrogen-bond donors (Lipinski definition) is 2. The highest BCUT2D eigenvalue weighted by atomic mass is 16.3. The molecule has 3 nitrogen and oxygen atoms in total. The van der Waals surface area contributed by atoms with E-state index in [9.17, 15) is 0 Å². The van der Waals surface area contributed by atoms with Gasteiger partial charge >= 0.3 is 0 Å². The van der Waals surface area contributed by atoms with Crippen LogP contribution in [0.25, 0.3) is 0 Å². The average Bonchev–Trinajstić information content (AvgIpc) is 2.53. The molecular formula is C8H16N2O. The summed E-state index contributed by atoms with van der Waals surface area (Å²) in [5.41, 5.74) is 0. The van der Waals surface area contributed by atoms with Gasteiger partial charge in [-0.05, 0) is 25.9 Å². The quantitative estimate of drug-likeness (QED) is 0.525. The van der Waals surface area contributed by atoms with E-state index in [0.29, 0.717) is 18.7 Å². The first-order valence-corrected chi connectivity index (χ1v) is 4.36. The molecule has 2 aliphatic rings. The van der Waals surface area contributed by atoms with Crippen LogP contribution in [0.5, 0.6) is 0 Å². The van der Waals surface area contributed by atoms with Crippen molar-refractivity contribution in [3.8, 4) is 0 Å². The Morgan fingerprint density at radius 1 is 1.55 bits per heavy atom. The van der Waals surface area contributed by atoms with Crippen LogP contribution < -0.4 is 5.32 Å². The summed E-state index contributed by atoms with van der Waals surface area (Å²) in [5.74, 6) is 0.789. The lowest BCUT2D eigenvalue weighted by molar-refractivity contribution is 0.157. The van der Waals surface area contributed by atoms with Gasteiger partial charge in [0.25, 0.3) is 0 Å². The maximum absolute atomic E-state index is 9.03. The van der Waals surface area contributed by atoms with E-state index >= 15 is 0 Å². The summed E-state index contributed by atoms with van der Waals surface area (Å²) in [6, 6.07) is 1.11. The summed E-state index contributed by atoms with van der Waals surface area (Å²) in [6.45, 7) is 2.58. The Kier molecular flexibility index (Phi) is 1.87. The van der Waals surface area contributed by atoms with Crippen LogP contribution in [0.15, 0.2) is 0 Å². The molecule has 0 aromatic heterocycles. The maximum Gasteiger partial charge on any atom is 0.0586 e. The van der Waals surface area contributed by atoms with Gasteiger partial charge in [0.1, 0.15) is 0 Å². The van der Waals surface area contributed by atoms with Crippen molar-refractivity contribution in [3.05, 3.63) is 0 Å². The Labute approximate surface area is 67.4 Å². The second kappa shape index (κ2) is 2.73. The van der Waals surface area contributed by atoms with Crippen LogP contribution >= 0.6 is 0 Å². The number of fused-ring (bicyclic) bond motifs is 1. The molecule has 0 unspecified atom stereocenters. The standard InChI is InChI=1S/C8H16N2O/c1-10-7(5-11)2-6-3-9-4-8(6)10/h6-9,11H,2-5H2,1H3/t6-,7-,8+/m1/s1. The summed E-state index contributed by atoms with van der Waals surface area (Å²) in [5, 5.41) is 12.4. The highest BCUT2D eigenvalue weighted by molar-refractivity contribution is 4.97. The second-order valence-corrected chi connectivity index (χ2v) is 3.72. The molecule has 0 aliphatic carbocycles. The minimum absolute atomic E-state index is 0.323. The van der Waals surface area contributed by atoms with E-state index in [4.69, 9.17) is 5.11 Å². The van der Waals surface area contributed by atoms with Gasteiger partial charge in [0, 0.05) is 18.6 Å². The Morgan fingerprint density at radius 3 is 3.00 bits per heavy atom. The molecule has 2 rings (SSSR count). The molecule has 0 aromatic rings. The molecular weight excluding hydrogens is 140 g/mol. The number of aliphatic hydroxyl groups excluding tert-OH is 1. The number of rotatable bonds is 1. The zero-order chi connectivity index (χ0) is 7.84. The molecule has 11 heavy (non-hydrogen) atoms. The average molecular weight is 156 g/mol. The van der Waals surface area contributed by atoms with Crippen molar-refractivity contribution >= 4 is 0 Å². The molecule has 0 radical (unpaired) electrons. The lowest BCUT2D eigenvalue weighted by Gasteiger charge is -2.22. The lowest BCUT2D eigenvalue weighted by Crippen LogP contribution is -2.37. The summed E-state index contributed by atoms with van der Waals surface area (Å²) in [4.78, 5) is 2.32. The molecule has 0 saturated carbocycles. The van der Waals surface area contributed by atoms with Crippen LogP contribution in [-0.2, 0) is 0 Å². The monoisotopic (exact) mass is 156 g/mol. The molecule has 2 N–H and O–H groups in total. The first-order chi connectivity index (χ1) is 5.33.